The number of aliphatic hydroxyl groups is 1. The first-order valence-corrected chi connectivity index (χ1v) is 10.5. The summed E-state index contributed by atoms with van der Waals surface area (Å²) in [6.07, 6.45) is 16.3. The molecule has 0 aromatic carbocycles. The minimum Gasteiger partial charge on any atom is -0.480 e. The van der Waals surface area contributed by atoms with Gasteiger partial charge in [-0.05, 0) is 13.0 Å². The van der Waals surface area contributed by atoms with Crippen LogP contribution < -0.4 is 5.32 Å². The molecule has 0 spiro atoms. The van der Waals surface area contributed by atoms with Crippen LogP contribution in [-0.2, 0) is 4.79 Å². The molecule has 0 aliphatic rings. The van der Waals surface area contributed by atoms with Gasteiger partial charge in [-0.25, -0.2) is 0 Å². The molecule has 5 heteroatoms. The fourth-order valence-corrected chi connectivity index (χ4v) is 3.06. The van der Waals surface area contributed by atoms with Gasteiger partial charge in [0.15, 0.2) is 0 Å². The van der Waals surface area contributed by atoms with Crippen molar-refractivity contribution in [3.63, 3.8) is 0 Å². The lowest BCUT2D eigenvalue weighted by molar-refractivity contribution is -0.138. The van der Waals surface area contributed by atoms with Crippen LogP contribution in [-0.4, -0.2) is 60.4 Å². The van der Waals surface area contributed by atoms with Crippen LogP contribution in [0.1, 0.15) is 84.0 Å². The number of nitrogens with zero attached hydrogens (tertiary/aromatic N) is 1. The lowest BCUT2D eigenvalue weighted by Crippen LogP contribution is -2.37. The predicted molar refractivity (Wildman–Crippen MR) is 105 cm³/mol. The molecule has 0 rings (SSSR count). The summed E-state index contributed by atoms with van der Waals surface area (Å²) >= 11 is 0. The van der Waals surface area contributed by atoms with Crippen molar-refractivity contribution < 1.29 is 15.0 Å². The largest absolute Gasteiger partial charge is 0.480 e. The molecule has 150 valence electrons. The van der Waals surface area contributed by atoms with Crippen LogP contribution in [0.3, 0.4) is 0 Å². The van der Waals surface area contributed by atoms with E-state index >= 15 is 0 Å². The number of carboxylic acid groups (broad SMARTS) is 1. The second kappa shape index (κ2) is 19.7. The van der Waals surface area contributed by atoms with Gasteiger partial charge in [-0.2, -0.15) is 0 Å². The van der Waals surface area contributed by atoms with Gasteiger partial charge in [0.1, 0.15) is 0 Å². The van der Waals surface area contributed by atoms with Gasteiger partial charge in [-0.15, -0.1) is 0 Å². The molecule has 0 fully saturated rings. The zero-order chi connectivity index (χ0) is 18.6. The first-order chi connectivity index (χ1) is 12.2. The molecule has 25 heavy (non-hydrogen) atoms. The van der Waals surface area contributed by atoms with Crippen LogP contribution in [0.15, 0.2) is 0 Å². The first-order valence-electron chi connectivity index (χ1n) is 10.5. The van der Waals surface area contributed by atoms with E-state index < -0.39 is 5.97 Å². The Kier molecular flexibility index (Phi) is 19.2. The fraction of sp³-hybridized carbons (Fsp3) is 0.950. The number of nitrogens with one attached hydrogen (secondary N) is 1. The van der Waals surface area contributed by atoms with E-state index in [1.807, 2.05) is 0 Å². The zero-order valence-electron chi connectivity index (χ0n) is 16.5. The molecule has 0 heterocycles. The Morgan fingerprint density at radius 2 is 1.32 bits per heavy atom. The van der Waals surface area contributed by atoms with Crippen molar-refractivity contribution in [2.24, 2.45) is 0 Å². The van der Waals surface area contributed by atoms with E-state index in [0.717, 1.165) is 13.1 Å². The van der Waals surface area contributed by atoms with Crippen LogP contribution in [0.2, 0.25) is 0 Å². The monoisotopic (exact) mass is 358 g/mol. The molecule has 0 aliphatic carbocycles. The molecule has 0 saturated heterocycles. The minimum atomic E-state index is -0.839. The Morgan fingerprint density at radius 1 is 0.800 bits per heavy atom. The Balaban J connectivity index is 3.23. The van der Waals surface area contributed by atoms with E-state index in [1.165, 1.54) is 77.0 Å². The number of aliphatic hydroxyl groups excluding tert-OH is 1. The summed E-state index contributed by atoms with van der Waals surface area (Å²) in [5.74, 6) is -0.839. The molecule has 0 radical (unpaired) electrons. The highest BCUT2D eigenvalue weighted by Gasteiger charge is 2.07. The summed E-state index contributed by atoms with van der Waals surface area (Å²) in [4.78, 5) is 12.5. The highest BCUT2D eigenvalue weighted by molar-refractivity contribution is 5.69. The number of rotatable bonds is 20. The molecule has 0 saturated carbocycles. The third-order valence-corrected chi connectivity index (χ3v) is 4.59. The molecular weight excluding hydrogens is 316 g/mol. The van der Waals surface area contributed by atoms with Gasteiger partial charge in [0, 0.05) is 19.6 Å². The van der Waals surface area contributed by atoms with Gasteiger partial charge in [0.2, 0.25) is 0 Å². The molecule has 0 unspecified atom stereocenters. The summed E-state index contributed by atoms with van der Waals surface area (Å²) in [5, 5.41) is 21.1. The molecular formula is C20H42N2O3. The summed E-state index contributed by atoms with van der Waals surface area (Å²) in [6.45, 7) is 5.15. The number of aliphatic carboxylic acids is 1. The van der Waals surface area contributed by atoms with E-state index in [2.05, 4.69) is 12.2 Å². The second-order valence-corrected chi connectivity index (χ2v) is 7.03. The third-order valence-electron chi connectivity index (χ3n) is 4.59. The Bertz CT molecular complexity index is 288. The molecule has 0 aliphatic heterocycles. The van der Waals surface area contributed by atoms with E-state index in [1.54, 1.807) is 4.90 Å². The van der Waals surface area contributed by atoms with Crippen LogP contribution in [0, 0.1) is 0 Å². The van der Waals surface area contributed by atoms with E-state index in [0.29, 0.717) is 13.1 Å². The quantitative estimate of drug-likeness (QED) is 0.290. The lowest BCUT2D eigenvalue weighted by atomic mass is 10.1. The van der Waals surface area contributed by atoms with Crippen LogP contribution in [0.25, 0.3) is 0 Å². The van der Waals surface area contributed by atoms with E-state index in [4.69, 9.17) is 10.2 Å². The molecule has 0 atom stereocenters. The van der Waals surface area contributed by atoms with Crippen LogP contribution in [0.5, 0.6) is 0 Å². The van der Waals surface area contributed by atoms with Gasteiger partial charge >= 0.3 is 5.97 Å². The maximum Gasteiger partial charge on any atom is 0.317 e. The average molecular weight is 359 g/mol. The standard InChI is InChI=1S/C20H42N2O3/c1-2-3-4-5-6-7-8-9-10-11-12-13-14-21-15-16-22(17-18-23)19-20(24)25/h21,23H,2-19H2,1H3,(H,24,25). The molecule has 5 nitrogen and oxygen atoms in total. The van der Waals surface area contributed by atoms with Gasteiger partial charge in [0.25, 0.3) is 0 Å². The SMILES string of the molecule is CCCCCCCCCCCCCCNCCN(CCO)CC(=O)O. The van der Waals surface area contributed by atoms with Crippen LogP contribution in [0.4, 0.5) is 0 Å². The van der Waals surface area contributed by atoms with Crippen molar-refractivity contribution in [3.05, 3.63) is 0 Å². The topological polar surface area (TPSA) is 72.8 Å². The Hall–Kier alpha value is -0.650. The maximum absolute atomic E-state index is 10.7. The minimum absolute atomic E-state index is 0.000837. The van der Waals surface area contributed by atoms with Crippen molar-refractivity contribution in [1.29, 1.82) is 0 Å². The summed E-state index contributed by atoms with van der Waals surface area (Å²) in [5.41, 5.74) is 0. The summed E-state index contributed by atoms with van der Waals surface area (Å²) in [6, 6.07) is 0. The van der Waals surface area contributed by atoms with Crippen molar-refractivity contribution in [2.75, 3.05) is 39.3 Å². The van der Waals surface area contributed by atoms with Gasteiger partial charge < -0.3 is 15.5 Å². The molecule has 0 aromatic heterocycles. The smallest absolute Gasteiger partial charge is 0.317 e. The lowest BCUT2D eigenvalue weighted by Gasteiger charge is -2.19. The van der Waals surface area contributed by atoms with Crippen molar-refractivity contribution in [3.8, 4) is 0 Å². The van der Waals surface area contributed by atoms with Gasteiger partial charge in [-0.1, -0.05) is 77.6 Å². The summed E-state index contributed by atoms with van der Waals surface area (Å²) in [7, 11) is 0. The third kappa shape index (κ3) is 19.5. The second-order valence-electron chi connectivity index (χ2n) is 7.03. The number of carbonyl (C=O) groups is 1. The number of carboxylic acids is 1. The van der Waals surface area contributed by atoms with Crippen molar-refractivity contribution in [2.45, 2.75) is 84.0 Å². The van der Waals surface area contributed by atoms with Gasteiger partial charge in [-0.3, -0.25) is 9.69 Å². The molecule has 0 amide bonds. The van der Waals surface area contributed by atoms with E-state index in [9.17, 15) is 4.79 Å². The summed E-state index contributed by atoms with van der Waals surface area (Å²) < 4.78 is 0. The van der Waals surface area contributed by atoms with E-state index in [-0.39, 0.29) is 13.2 Å². The van der Waals surface area contributed by atoms with Crippen LogP contribution >= 0.6 is 0 Å². The number of hydrogen-bond donors (Lipinski definition) is 3. The Morgan fingerprint density at radius 3 is 1.80 bits per heavy atom. The highest BCUT2D eigenvalue weighted by atomic mass is 16.4. The number of unbranched alkanes of at least 4 members (excludes halogenated alkanes) is 11. The zero-order valence-corrected chi connectivity index (χ0v) is 16.5. The molecule has 0 bridgehead atoms. The Labute approximate surface area is 155 Å². The highest BCUT2D eigenvalue weighted by Crippen LogP contribution is 2.11. The van der Waals surface area contributed by atoms with Crippen molar-refractivity contribution >= 4 is 5.97 Å². The predicted octanol–water partition coefficient (Wildman–Crippen LogP) is 3.66. The number of hydrogen-bond acceptors (Lipinski definition) is 4. The average Bonchev–Trinajstić information content (AvgIpc) is 2.58. The normalized spacial score (nSPS) is 11.3. The molecule has 3 N–H and O–H groups in total. The fourth-order valence-electron chi connectivity index (χ4n) is 3.06. The van der Waals surface area contributed by atoms with Gasteiger partial charge in [0.05, 0.1) is 13.2 Å². The molecule has 0 aromatic rings. The first kappa shape index (κ1) is 24.4. The maximum atomic E-state index is 10.7. The van der Waals surface area contributed by atoms with Crippen molar-refractivity contribution in [1.82, 2.24) is 10.2 Å².